The van der Waals surface area contributed by atoms with Gasteiger partial charge in [0.2, 0.25) is 0 Å². The summed E-state index contributed by atoms with van der Waals surface area (Å²) in [7, 11) is 0. The smallest absolute Gasteiger partial charge is 0.255 e. The van der Waals surface area contributed by atoms with E-state index in [4.69, 9.17) is 22.1 Å². The van der Waals surface area contributed by atoms with Crippen LogP contribution in [-0.2, 0) is 0 Å². The van der Waals surface area contributed by atoms with Gasteiger partial charge in [0.1, 0.15) is 18.2 Å². The van der Waals surface area contributed by atoms with E-state index < -0.39 is 11.7 Å². The quantitative estimate of drug-likeness (QED) is 0.892. The molecule has 2 aromatic carbocycles. The highest BCUT2D eigenvalue weighted by molar-refractivity contribution is 6.30. The highest BCUT2D eigenvalue weighted by Crippen LogP contribution is 2.19. The minimum Gasteiger partial charge on any atom is -0.492 e. The van der Waals surface area contributed by atoms with Crippen LogP contribution in [0, 0.1) is 5.82 Å². The molecule has 0 radical (unpaired) electrons. The number of benzene rings is 2. The van der Waals surface area contributed by atoms with Crippen molar-refractivity contribution in [2.24, 2.45) is 5.73 Å². The summed E-state index contributed by atoms with van der Waals surface area (Å²) in [4.78, 5) is 12.0. The molecule has 2 rings (SSSR count). The molecule has 0 spiro atoms. The fourth-order valence-corrected chi connectivity index (χ4v) is 1.80. The van der Waals surface area contributed by atoms with Crippen LogP contribution in [0.5, 0.6) is 5.75 Å². The molecule has 4 nitrogen and oxygen atoms in total. The number of halogens is 2. The molecule has 0 unspecified atom stereocenters. The SMILES string of the molecule is NCCOc1cccc(NC(=O)c2ccc(Cl)c(F)c2)c1. The highest BCUT2D eigenvalue weighted by Gasteiger charge is 2.09. The molecule has 0 saturated carbocycles. The lowest BCUT2D eigenvalue weighted by Crippen LogP contribution is -2.13. The lowest BCUT2D eigenvalue weighted by molar-refractivity contribution is 0.102. The van der Waals surface area contributed by atoms with E-state index in [9.17, 15) is 9.18 Å². The fraction of sp³-hybridized carbons (Fsp3) is 0.133. The summed E-state index contributed by atoms with van der Waals surface area (Å²) in [5.41, 5.74) is 6.09. The summed E-state index contributed by atoms with van der Waals surface area (Å²) in [6, 6.07) is 10.8. The third-order valence-corrected chi connectivity index (χ3v) is 2.97. The van der Waals surface area contributed by atoms with Crippen molar-refractivity contribution in [3.63, 3.8) is 0 Å². The number of hydrogen-bond donors (Lipinski definition) is 2. The molecule has 0 aliphatic rings. The van der Waals surface area contributed by atoms with E-state index in [2.05, 4.69) is 5.32 Å². The number of anilines is 1. The van der Waals surface area contributed by atoms with Gasteiger partial charge in [-0.3, -0.25) is 4.79 Å². The van der Waals surface area contributed by atoms with E-state index in [0.29, 0.717) is 24.6 Å². The number of ether oxygens (including phenoxy) is 1. The van der Waals surface area contributed by atoms with Crippen LogP contribution in [0.25, 0.3) is 0 Å². The van der Waals surface area contributed by atoms with Crippen molar-refractivity contribution in [3.05, 3.63) is 58.9 Å². The van der Waals surface area contributed by atoms with Crippen molar-refractivity contribution in [1.82, 2.24) is 0 Å². The molecular weight excluding hydrogens is 295 g/mol. The summed E-state index contributed by atoms with van der Waals surface area (Å²) >= 11 is 5.58. The van der Waals surface area contributed by atoms with Gasteiger partial charge in [0, 0.05) is 23.9 Å². The Kier molecular flexibility index (Phi) is 5.14. The zero-order chi connectivity index (χ0) is 15.2. The number of carbonyl (C=O) groups is 1. The van der Waals surface area contributed by atoms with Crippen molar-refractivity contribution in [1.29, 1.82) is 0 Å². The van der Waals surface area contributed by atoms with E-state index in [0.717, 1.165) is 6.07 Å². The number of rotatable bonds is 5. The van der Waals surface area contributed by atoms with E-state index in [1.807, 2.05) is 0 Å². The van der Waals surface area contributed by atoms with Gasteiger partial charge < -0.3 is 15.8 Å². The summed E-state index contributed by atoms with van der Waals surface area (Å²) in [5, 5.41) is 2.64. The largest absolute Gasteiger partial charge is 0.492 e. The molecule has 0 aliphatic heterocycles. The van der Waals surface area contributed by atoms with E-state index in [-0.39, 0.29) is 10.6 Å². The molecular formula is C15H14ClFN2O2. The standard InChI is InChI=1S/C15H14ClFN2O2/c16-13-5-4-10(8-14(13)17)15(20)19-11-2-1-3-12(9-11)21-7-6-18/h1-5,8-9H,6-7,18H2,(H,19,20). The maximum atomic E-state index is 13.3. The molecule has 0 fully saturated rings. The average Bonchev–Trinajstić information content (AvgIpc) is 2.48. The Morgan fingerprint density at radius 3 is 2.81 bits per heavy atom. The van der Waals surface area contributed by atoms with E-state index >= 15 is 0 Å². The summed E-state index contributed by atoms with van der Waals surface area (Å²) in [6.07, 6.45) is 0. The number of amides is 1. The molecule has 0 aromatic heterocycles. The zero-order valence-electron chi connectivity index (χ0n) is 11.1. The molecule has 1 amide bonds. The molecule has 0 heterocycles. The van der Waals surface area contributed by atoms with Crippen LogP contribution in [0.1, 0.15) is 10.4 Å². The van der Waals surface area contributed by atoms with E-state index in [1.165, 1.54) is 12.1 Å². The number of nitrogens with two attached hydrogens (primary N) is 1. The van der Waals surface area contributed by atoms with Gasteiger partial charge in [-0.1, -0.05) is 17.7 Å². The average molecular weight is 309 g/mol. The first-order chi connectivity index (χ1) is 10.1. The van der Waals surface area contributed by atoms with Crippen LogP contribution in [0.15, 0.2) is 42.5 Å². The van der Waals surface area contributed by atoms with Crippen LogP contribution in [0.2, 0.25) is 5.02 Å². The first kappa shape index (κ1) is 15.3. The Bertz CT molecular complexity index is 649. The van der Waals surface area contributed by atoms with Crippen LogP contribution in [0.3, 0.4) is 0 Å². The second-order valence-electron chi connectivity index (χ2n) is 4.25. The minimum atomic E-state index is -0.635. The molecule has 0 bridgehead atoms. The maximum Gasteiger partial charge on any atom is 0.255 e. The Balaban J connectivity index is 2.10. The van der Waals surface area contributed by atoms with Gasteiger partial charge in [-0.15, -0.1) is 0 Å². The first-order valence-corrected chi connectivity index (χ1v) is 6.67. The van der Waals surface area contributed by atoms with Crippen LogP contribution < -0.4 is 15.8 Å². The minimum absolute atomic E-state index is 0.0243. The molecule has 21 heavy (non-hydrogen) atoms. The normalized spacial score (nSPS) is 10.2. The first-order valence-electron chi connectivity index (χ1n) is 6.29. The third-order valence-electron chi connectivity index (χ3n) is 2.66. The topological polar surface area (TPSA) is 64.3 Å². The van der Waals surface area contributed by atoms with Crippen LogP contribution in [0.4, 0.5) is 10.1 Å². The summed E-state index contributed by atoms with van der Waals surface area (Å²) < 4.78 is 18.7. The van der Waals surface area contributed by atoms with Gasteiger partial charge in [-0.25, -0.2) is 4.39 Å². The number of carbonyl (C=O) groups excluding carboxylic acids is 1. The summed E-state index contributed by atoms with van der Waals surface area (Å²) in [5.74, 6) is -0.466. The van der Waals surface area contributed by atoms with Gasteiger partial charge in [-0.05, 0) is 30.3 Å². The third kappa shape index (κ3) is 4.18. The summed E-state index contributed by atoms with van der Waals surface area (Å²) in [6.45, 7) is 0.792. The fourth-order valence-electron chi connectivity index (χ4n) is 1.68. The monoisotopic (exact) mass is 308 g/mol. The van der Waals surface area contributed by atoms with Crippen molar-refractivity contribution in [2.75, 3.05) is 18.5 Å². The molecule has 6 heteroatoms. The maximum absolute atomic E-state index is 13.3. The highest BCUT2D eigenvalue weighted by atomic mass is 35.5. The Labute approximate surface area is 126 Å². The second-order valence-corrected chi connectivity index (χ2v) is 4.66. The number of hydrogen-bond acceptors (Lipinski definition) is 3. The predicted octanol–water partition coefficient (Wildman–Crippen LogP) is 3.07. The molecule has 0 saturated heterocycles. The molecule has 2 aromatic rings. The Morgan fingerprint density at radius 2 is 2.10 bits per heavy atom. The van der Waals surface area contributed by atoms with Gasteiger partial charge in [0.25, 0.3) is 5.91 Å². The van der Waals surface area contributed by atoms with Crippen LogP contribution >= 0.6 is 11.6 Å². The van der Waals surface area contributed by atoms with Crippen molar-refractivity contribution >= 4 is 23.2 Å². The van der Waals surface area contributed by atoms with Gasteiger partial charge in [0.15, 0.2) is 0 Å². The lowest BCUT2D eigenvalue weighted by atomic mass is 10.2. The predicted molar refractivity (Wildman–Crippen MR) is 80.4 cm³/mol. The lowest BCUT2D eigenvalue weighted by Gasteiger charge is -2.09. The van der Waals surface area contributed by atoms with Crippen molar-refractivity contribution in [3.8, 4) is 5.75 Å². The van der Waals surface area contributed by atoms with Crippen molar-refractivity contribution in [2.45, 2.75) is 0 Å². The number of nitrogens with one attached hydrogen (secondary N) is 1. The van der Waals surface area contributed by atoms with Crippen molar-refractivity contribution < 1.29 is 13.9 Å². The second kappa shape index (κ2) is 7.06. The Morgan fingerprint density at radius 1 is 1.29 bits per heavy atom. The molecule has 0 aliphatic carbocycles. The Hall–Kier alpha value is -2.11. The van der Waals surface area contributed by atoms with Gasteiger partial charge in [0.05, 0.1) is 5.02 Å². The zero-order valence-corrected chi connectivity index (χ0v) is 11.9. The van der Waals surface area contributed by atoms with Gasteiger partial charge >= 0.3 is 0 Å². The van der Waals surface area contributed by atoms with Crippen LogP contribution in [-0.4, -0.2) is 19.1 Å². The molecule has 110 valence electrons. The van der Waals surface area contributed by atoms with E-state index in [1.54, 1.807) is 24.3 Å². The molecule has 3 N–H and O–H groups in total. The molecule has 0 atom stereocenters. The van der Waals surface area contributed by atoms with Gasteiger partial charge in [-0.2, -0.15) is 0 Å².